The van der Waals surface area contributed by atoms with E-state index in [2.05, 4.69) is 20.3 Å². The van der Waals surface area contributed by atoms with Crippen LogP contribution in [0.5, 0.6) is 11.5 Å². The van der Waals surface area contributed by atoms with Crippen molar-refractivity contribution in [3.05, 3.63) is 75.6 Å². The fourth-order valence-electron chi connectivity index (χ4n) is 4.71. The third-order valence-corrected chi connectivity index (χ3v) is 6.70. The number of benzene rings is 2. The zero-order chi connectivity index (χ0) is 24.6. The lowest BCUT2D eigenvalue weighted by molar-refractivity contribution is -0.131. The number of likely N-dealkylation sites (tertiary alicyclic amines) is 1. The van der Waals surface area contributed by atoms with E-state index in [0.29, 0.717) is 54.5 Å². The quantitative estimate of drug-likeness (QED) is 0.457. The van der Waals surface area contributed by atoms with Gasteiger partial charge in [-0.1, -0.05) is 29.5 Å². The van der Waals surface area contributed by atoms with Crippen molar-refractivity contribution in [1.82, 2.24) is 29.9 Å². The molecular formula is C25H23FN6O4. The van der Waals surface area contributed by atoms with E-state index in [1.165, 1.54) is 10.7 Å². The Kier molecular flexibility index (Phi) is 5.59. The van der Waals surface area contributed by atoms with Crippen LogP contribution >= 0.6 is 0 Å². The zero-order valence-electron chi connectivity index (χ0n) is 19.3. The number of ether oxygens (including phenoxy) is 2. The molecule has 0 spiro atoms. The van der Waals surface area contributed by atoms with Crippen LogP contribution in [0, 0.1) is 5.82 Å². The topological polar surface area (TPSA) is 115 Å². The molecule has 2 aliphatic rings. The van der Waals surface area contributed by atoms with Crippen molar-refractivity contribution in [2.75, 3.05) is 19.9 Å². The number of hydrogen-bond acceptors (Lipinski definition) is 7. The summed E-state index contributed by atoms with van der Waals surface area (Å²) >= 11 is 0. The molecule has 2 aromatic heterocycles. The van der Waals surface area contributed by atoms with E-state index < -0.39 is 0 Å². The number of hydrogen-bond donors (Lipinski definition) is 1. The molecule has 0 aliphatic carbocycles. The Labute approximate surface area is 204 Å². The van der Waals surface area contributed by atoms with Crippen LogP contribution in [-0.4, -0.2) is 55.7 Å². The molecule has 6 rings (SSSR count). The average Bonchev–Trinajstić information content (AvgIpc) is 3.52. The molecule has 10 nitrogen and oxygen atoms in total. The lowest BCUT2D eigenvalue weighted by atomic mass is 9.95. The van der Waals surface area contributed by atoms with Crippen LogP contribution in [0.2, 0.25) is 0 Å². The summed E-state index contributed by atoms with van der Waals surface area (Å²) in [6.07, 6.45) is 1.61. The standard InChI is InChI=1S/C25H23FN6O4/c26-18-4-2-1-3-17(18)13-32-24-22(29-30-32)25(34)28-23(27-24)16-7-9-31(10-8-16)21(33)12-15-5-6-19-20(11-15)36-14-35-19/h1-6,11,16H,7-10,12-14H2,(H,27,28,34). The number of fused-ring (bicyclic) bond motifs is 2. The van der Waals surface area contributed by atoms with Crippen molar-refractivity contribution >= 4 is 17.1 Å². The van der Waals surface area contributed by atoms with Crippen LogP contribution in [-0.2, 0) is 17.8 Å². The molecule has 1 N–H and O–H groups in total. The monoisotopic (exact) mass is 490 g/mol. The predicted octanol–water partition coefficient (Wildman–Crippen LogP) is 2.38. The number of nitrogens with one attached hydrogen (secondary N) is 1. The van der Waals surface area contributed by atoms with Gasteiger partial charge in [0, 0.05) is 24.6 Å². The van der Waals surface area contributed by atoms with Gasteiger partial charge in [0.05, 0.1) is 13.0 Å². The Morgan fingerprint density at radius 3 is 2.75 bits per heavy atom. The minimum absolute atomic E-state index is 0.0199. The van der Waals surface area contributed by atoms with Crippen molar-refractivity contribution in [2.24, 2.45) is 0 Å². The fourth-order valence-corrected chi connectivity index (χ4v) is 4.71. The van der Waals surface area contributed by atoms with E-state index in [0.717, 1.165) is 5.56 Å². The molecule has 1 amide bonds. The molecule has 184 valence electrons. The number of carbonyl (C=O) groups excluding carboxylic acids is 1. The number of aromatic amines is 1. The number of carbonyl (C=O) groups is 1. The second kappa shape index (κ2) is 9.06. The normalized spacial score (nSPS) is 15.5. The number of halogens is 1. The number of rotatable bonds is 5. The molecule has 0 bridgehead atoms. The first-order chi connectivity index (χ1) is 17.5. The van der Waals surface area contributed by atoms with Crippen LogP contribution in [0.25, 0.3) is 11.2 Å². The van der Waals surface area contributed by atoms with Gasteiger partial charge in [0.25, 0.3) is 5.56 Å². The Morgan fingerprint density at radius 1 is 1.11 bits per heavy atom. The number of nitrogens with zero attached hydrogens (tertiary/aromatic N) is 5. The second-order valence-electron chi connectivity index (χ2n) is 8.98. The predicted molar refractivity (Wildman–Crippen MR) is 126 cm³/mol. The van der Waals surface area contributed by atoms with E-state index in [1.807, 2.05) is 23.1 Å². The lowest BCUT2D eigenvalue weighted by Gasteiger charge is -2.31. The fraction of sp³-hybridized carbons (Fsp3) is 0.320. The van der Waals surface area contributed by atoms with Crippen LogP contribution in [0.1, 0.15) is 35.7 Å². The van der Waals surface area contributed by atoms with Crippen molar-refractivity contribution in [1.29, 1.82) is 0 Å². The Bertz CT molecular complexity index is 1510. The van der Waals surface area contributed by atoms with E-state index in [1.54, 1.807) is 18.2 Å². The maximum absolute atomic E-state index is 14.1. The van der Waals surface area contributed by atoms with Gasteiger partial charge in [-0.25, -0.2) is 14.1 Å². The molecule has 11 heteroatoms. The van der Waals surface area contributed by atoms with Crippen LogP contribution in [0.4, 0.5) is 4.39 Å². The SMILES string of the molecule is O=C(Cc1ccc2c(c1)OCO2)N1CCC(c2nc3c(nnn3Cc3ccccc3F)c(=O)[nH]2)CC1. The van der Waals surface area contributed by atoms with Gasteiger partial charge in [-0.15, -0.1) is 5.10 Å². The summed E-state index contributed by atoms with van der Waals surface area (Å²) in [5, 5.41) is 7.97. The Morgan fingerprint density at radius 2 is 1.92 bits per heavy atom. The maximum atomic E-state index is 14.1. The molecule has 0 saturated carbocycles. The molecule has 2 aliphatic heterocycles. The molecule has 0 unspecified atom stereocenters. The minimum atomic E-state index is -0.379. The first-order valence-electron chi connectivity index (χ1n) is 11.8. The number of H-pyrrole nitrogens is 1. The van der Waals surface area contributed by atoms with Crippen molar-refractivity contribution in [3.8, 4) is 11.5 Å². The first kappa shape index (κ1) is 22.2. The highest BCUT2D eigenvalue weighted by atomic mass is 19.1. The van der Waals surface area contributed by atoms with Gasteiger partial charge >= 0.3 is 0 Å². The van der Waals surface area contributed by atoms with E-state index in [-0.39, 0.29) is 48.5 Å². The number of piperidine rings is 1. The zero-order valence-corrected chi connectivity index (χ0v) is 19.3. The molecule has 36 heavy (non-hydrogen) atoms. The van der Waals surface area contributed by atoms with Gasteiger partial charge in [0.15, 0.2) is 22.7 Å². The molecule has 4 heterocycles. The summed E-state index contributed by atoms with van der Waals surface area (Å²) < 4.78 is 26.3. The Balaban J connectivity index is 1.15. The molecule has 0 radical (unpaired) electrons. The number of aromatic nitrogens is 5. The van der Waals surface area contributed by atoms with Crippen molar-refractivity contribution in [3.63, 3.8) is 0 Å². The highest BCUT2D eigenvalue weighted by molar-refractivity contribution is 5.79. The summed E-state index contributed by atoms with van der Waals surface area (Å²) in [7, 11) is 0. The first-order valence-corrected chi connectivity index (χ1v) is 11.8. The second-order valence-corrected chi connectivity index (χ2v) is 8.98. The van der Waals surface area contributed by atoms with Gasteiger partial charge in [-0.3, -0.25) is 9.59 Å². The van der Waals surface area contributed by atoms with Gasteiger partial charge in [-0.2, -0.15) is 0 Å². The van der Waals surface area contributed by atoms with Gasteiger partial charge in [-0.05, 0) is 36.6 Å². The molecular weight excluding hydrogens is 467 g/mol. The summed E-state index contributed by atoms with van der Waals surface area (Å²) in [6.45, 7) is 1.43. The summed E-state index contributed by atoms with van der Waals surface area (Å²) in [4.78, 5) is 34.9. The maximum Gasteiger partial charge on any atom is 0.281 e. The molecule has 4 aromatic rings. The van der Waals surface area contributed by atoms with Gasteiger partial charge in [0.1, 0.15) is 11.6 Å². The average molecular weight is 490 g/mol. The van der Waals surface area contributed by atoms with Crippen LogP contribution < -0.4 is 15.0 Å². The minimum Gasteiger partial charge on any atom is -0.454 e. The Hall–Kier alpha value is -4.28. The highest BCUT2D eigenvalue weighted by Crippen LogP contribution is 2.33. The third-order valence-electron chi connectivity index (χ3n) is 6.70. The van der Waals surface area contributed by atoms with E-state index in [4.69, 9.17) is 9.47 Å². The van der Waals surface area contributed by atoms with E-state index in [9.17, 15) is 14.0 Å². The summed E-state index contributed by atoms with van der Waals surface area (Å²) in [5.74, 6) is 1.55. The van der Waals surface area contributed by atoms with Crippen molar-refractivity contribution < 1.29 is 18.7 Å². The molecule has 1 saturated heterocycles. The largest absolute Gasteiger partial charge is 0.454 e. The third kappa shape index (κ3) is 4.16. The smallest absolute Gasteiger partial charge is 0.281 e. The van der Waals surface area contributed by atoms with Crippen LogP contribution in [0.3, 0.4) is 0 Å². The lowest BCUT2D eigenvalue weighted by Crippen LogP contribution is -2.39. The molecule has 1 fully saturated rings. The van der Waals surface area contributed by atoms with Crippen molar-refractivity contribution in [2.45, 2.75) is 31.7 Å². The highest BCUT2D eigenvalue weighted by Gasteiger charge is 2.27. The molecule has 2 aromatic carbocycles. The van der Waals surface area contributed by atoms with Gasteiger partial charge in [0.2, 0.25) is 12.7 Å². The molecule has 0 atom stereocenters. The number of amides is 1. The summed E-state index contributed by atoms with van der Waals surface area (Å²) in [6, 6.07) is 11.9. The van der Waals surface area contributed by atoms with E-state index >= 15 is 0 Å². The van der Waals surface area contributed by atoms with Gasteiger partial charge < -0.3 is 19.4 Å². The van der Waals surface area contributed by atoms with Crippen LogP contribution in [0.15, 0.2) is 47.3 Å². The summed E-state index contributed by atoms with van der Waals surface area (Å²) in [5.41, 5.74) is 1.36.